The van der Waals surface area contributed by atoms with Gasteiger partial charge in [0.2, 0.25) is 11.0 Å². The Balaban J connectivity index is 1.67. The van der Waals surface area contributed by atoms with Crippen molar-refractivity contribution >= 4 is 43.9 Å². The van der Waals surface area contributed by atoms with Crippen LogP contribution in [0.2, 0.25) is 0 Å². The molecule has 1 N–H and O–H groups in total. The average molecular weight is 454 g/mol. The average Bonchev–Trinajstić information content (AvgIpc) is 3.41. The van der Waals surface area contributed by atoms with Gasteiger partial charge < -0.3 is 0 Å². The molecule has 1 aromatic carbocycles. The van der Waals surface area contributed by atoms with Gasteiger partial charge in [-0.3, -0.25) is 19.5 Å². The minimum absolute atomic E-state index is 0.233. The van der Waals surface area contributed by atoms with E-state index in [0.29, 0.717) is 21.3 Å². The van der Waals surface area contributed by atoms with Gasteiger partial charge in [0.15, 0.2) is 0 Å². The maximum Gasteiger partial charge on any atom is 0.263 e. The van der Waals surface area contributed by atoms with E-state index in [9.17, 15) is 9.59 Å². The number of benzene rings is 1. The van der Waals surface area contributed by atoms with Crippen LogP contribution in [0.15, 0.2) is 40.8 Å². The van der Waals surface area contributed by atoms with Crippen molar-refractivity contribution in [3.8, 4) is 11.1 Å². The lowest BCUT2D eigenvalue weighted by Crippen LogP contribution is -2.31. The second kappa shape index (κ2) is 8.68. The molecule has 0 fully saturated rings. The lowest BCUT2D eigenvalue weighted by Gasteiger charge is -2.14. The minimum Gasteiger partial charge on any atom is -0.299 e. The molecular formula is C22H23N5O2S2. The van der Waals surface area contributed by atoms with Gasteiger partial charge in [-0.15, -0.1) is 21.5 Å². The predicted octanol–water partition coefficient (Wildman–Crippen LogP) is 4.86. The number of aryl methyl sites for hydroxylation is 1. The number of hydrogen-bond donors (Lipinski definition) is 1. The van der Waals surface area contributed by atoms with Crippen LogP contribution < -0.4 is 10.9 Å². The number of carbonyl (C=O) groups is 1. The molecule has 4 rings (SSSR count). The Hall–Kier alpha value is -2.91. The van der Waals surface area contributed by atoms with E-state index in [1.807, 2.05) is 24.4 Å². The Bertz CT molecular complexity index is 1290. The quantitative estimate of drug-likeness (QED) is 0.450. The fourth-order valence-electron chi connectivity index (χ4n) is 3.26. The molecule has 1 unspecified atom stereocenters. The molecule has 3 aromatic heterocycles. The maximum atomic E-state index is 13.3. The Morgan fingerprint density at radius 2 is 1.90 bits per heavy atom. The monoisotopic (exact) mass is 453 g/mol. The van der Waals surface area contributed by atoms with Crippen molar-refractivity contribution < 1.29 is 4.79 Å². The van der Waals surface area contributed by atoms with E-state index >= 15 is 0 Å². The van der Waals surface area contributed by atoms with Gasteiger partial charge in [-0.1, -0.05) is 56.4 Å². The predicted molar refractivity (Wildman–Crippen MR) is 126 cm³/mol. The summed E-state index contributed by atoms with van der Waals surface area (Å²) < 4.78 is 1.37. The second-order valence-corrected chi connectivity index (χ2v) is 9.50. The third kappa shape index (κ3) is 4.15. The van der Waals surface area contributed by atoms with E-state index in [4.69, 9.17) is 0 Å². The van der Waals surface area contributed by atoms with Crippen LogP contribution in [0.25, 0.3) is 21.3 Å². The van der Waals surface area contributed by atoms with Crippen LogP contribution in [-0.2, 0) is 11.2 Å². The number of amides is 1. The summed E-state index contributed by atoms with van der Waals surface area (Å²) in [5.74, 6) is 0.105. The Kier molecular flexibility index (Phi) is 5.97. The zero-order valence-electron chi connectivity index (χ0n) is 17.7. The normalized spacial score (nSPS) is 12.4. The molecule has 3 heterocycles. The van der Waals surface area contributed by atoms with Crippen LogP contribution >= 0.6 is 22.7 Å². The van der Waals surface area contributed by atoms with Crippen molar-refractivity contribution in [3.63, 3.8) is 0 Å². The number of nitrogens with zero attached hydrogens (tertiary/aromatic N) is 4. The first-order valence-corrected chi connectivity index (χ1v) is 11.8. The lowest BCUT2D eigenvalue weighted by atomic mass is 9.99. The van der Waals surface area contributed by atoms with Gasteiger partial charge in [0.25, 0.3) is 5.56 Å². The largest absolute Gasteiger partial charge is 0.299 e. The SMILES string of the molecule is CCc1nnc(NC(=O)C(C)n2cnc3scc(-c4ccc(C(C)C)cc4)c3c2=O)s1. The van der Waals surface area contributed by atoms with Gasteiger partial charge in [0.1, 0.15) is 15.9 Å². The van der Waals surface area contributed by atoms with Crippen molar-refractivity contribution in [2.75, 3.05) is 5.32 Å². The minimum atomic E-state index is -0.741. The van der Waals surface area contributed by atoms with E-state index in [1.165, 1.54) is 39.1 Å². The summed E-state index contributed by atoms with van der Waals surface area (Å²) >= 11 is 2.76. The molecule has 31 heavy (non-hydrogen) atoms. The third-order valence-electron chi connectivity index (χ3n) is 5.20. The van der Waals surface area contributed by atoms with Crippen LogP contribution in [0, 0.1) is 0 Å². The number of nitrogens with one attached hydrogen (secondary N) is 1. The highest BCUT2D eigenvalue weighted by atomic mass is 32.1. The molecule has 0 saturated heterocycles. The fraction of sp³-hybridized carbons (Fsp3) is 0.318. The summed E-state index contributed by atoms with van der Waals surface area (Å²) in [5.41, 5.74) is 2.81. The summed E-state index contributed by atoms with van der Waals surface area (Å²) in [6.45, 7) is 7.95. The third-order valence-corrected chi connectivity index (χ3v) is 7.07. The molecule has 4 aromatic rings. The van der Waals surface area contributed by atoms with E-state index in [0.717, 1.165) is 22.6 Å². The topological polar surface area (TPSA) is 89.8 Å². The van der Waals surface area contributed by atoms with Crippen LogP contribution in [-0.4, -0.2) is 25.7 Å². The second-order valence-electron chi connectivity index (χ2n) is 7.58. The van der Waals surface area contributed by atoms with Crippen LogP contribution in [0.1, 0.15) is 50.2 Å². The summed E-state index contributed by atoms with van der Waals surface area (Å²) in [7, 11) is 0. The van der Waals surface area contributed by atoms with Crippen molar-refractivity contribution in [2.45, 2.75) is 46.1 Å². The van der Waals surface area contributed by atoms with Gasteiger partial charge in [-0.05, 0) is 30.4 Å². The highest BCUT2D eigenvalue weighted by molar-refractivity contribution is 7.17. The number of rotatable bonds is 6. The molecule has 7 nitrogen and oxygen atoms in total. The Morgan fingerprint density at radius 1 is 1.16 bits per heavy atom. The number of carbonyl (C=O) groups excluding carboxylic acids is 1. The van der Waals surface area contributed by atoms with Crippen molar-refractivity contribution in [2.24, 2.45) is 0 Å². The molecule has 0 radical (unpaired) electrons. The molecule has 0 spiro atoms. The molecule has 1 amide bonds. The van der Waals surface area contributed by atoms with Crippen molar-refractivity contribution in [1.29, 1.82) is 0 Å². The molecule has 160 valence electrons. The maximum absolute atomic E-state index is 13.3. The Labute approximate surface area is 187 Å². The fourth-order valence-corrected chi connectivity index (χ4v) is 4.85. The molecule has 9 heteroatoms. The van der Waals surface area contributed by atoms with Crippen molar-refractivity contribution in [1.82, 2.24) is 19.7 Å². The number of thiophene rings is 1. The molecule has 0 saturated carbocycles. The molecule has 0 aliphatic heterocycles. The van der Waals surface area contributed by atoms with Crippen LogP contribution in [0.3, 0.4) is 0 Å². The van der Waals surface area contributed by atoms with Gasteiger partial charge >= 0.3 is 0 Å². The van der Waals surface area contributed by atoms with Crippen molar-refractivity contribution in [3.05, 3.63) is 56.9 Å². The smallest absolute Gasteiger partial charge is 0.263 e. The summed E-state index contributed by atoms with van der Waals surface area (Å²) in [6.07, 6.45) is 2.19. The molecule has 0 aliphatic rings. The highest BCUT2D eigenvalue weighted by Gasteiger charge is 2.21. The number of anilines is 1. The number of fused-ring (bicyclic) bond motifs is 1. The highest BCUT2D eigenvalue weighted by Crippen LogP contribution is 2.31. The molecule has 0 aliphatic carbocycles. The first kappa shape index (κ1) is 21.3. The van der Waals surface area contributed by atoms with E-state index in [2.05, 4.69) is 46.5 Å². The summed E-state index contributed by atoms with van der Waals surface area (Å²) in [5, 5.41) is 14.5. The number of aromatic nitrogens is 4. The standard InChI is InChI=1S/C22H23N5O2S2/c1-5-17-25-26-22(31-17)24-19(28)13(4)27-11-23-20-18(21(27)29)16(10-30-20)15-8-6-14(7-9-15)12(2)3/h6-13H,5H2,1-4H3,(H,24,26,28). The Morgan fingerprint density at radius 3 is 2.55 bits per heavy atom. The lowest BCUT2D eigenvalue weighted by molar-refractivity contribution is -0.118. The molecule has 0 bridgehead atoms. The first-order chi connectivity index (χ1) is 14.9. The van der Waals surface area contributed by atoms with Gasteiger partial charge in [-0.25, -0.2) is 4.98 Å². The molecule has 1 atom stereocenters. The van der Waals surface area contributed by atoms with Gasteiger partial charge in [-0.2, -0.15) is 0 Å². The first-order valence-electron chi connectivity index (χ1n) is 10.1. The zero-order valence-corrected chi connectivity index (χ0v) is 19.4. The van der Waals surface area contributed by atoms with E-state index < -0.39 is 6.04 Å². The van der Waals surface area contributed by atoms with Crippen LogP contribution in [0.5, 0.6) is 0 Å². The zero-order chi connectivity index (χ0) is 22.1. The number of hydrogen-bond acceptors (Lipinski definition) is 7. The van der Waals surface area contributed by atoms with E-state index in [1.54, 1.807) is 6.92 Å². The van der Waals surface area contributed by atoms with Crippen LogP contribution in [0.4, 0.5) is 5.13 Å². The molecular weight excluding hydrogens is 430 g/mol. The summed E-state index contributed by atoms with van der Waals surface area (Å²) in [4.78, 5) is 31.2. The van der Waals surface area contributed by atoms with Gasteiger partial charge in [0, 0.05) is 10.9 Å². The summed E-state index contributed by atoms with van der Waals surface area (Å²) in [6, 6.07) is 7.49. The van der Waals surface area contributed by atoms with Gasteiger partial charge in [0.05, 0.1) is 11.7 Å². The van der Waals surface area contributed by atoms with E-state index in [-0.39, 0.29) is 11.5 Å².